The van der Waals surface area contributed by atoms with Crippen LogP contribution in [0.25, 0.3) is 0 Å². The molecule has 2 aliphatic heterocycles. The van der Waals surface area contributed by atoms with Crippen molar-refractivity contribution in [1.29, 1.82) is 0 Å². The molecule has 4 rings (SSSR count). The van der Waals surface area contributed by atoms with Crippen molar-refractivity contribution in [2.24, 2.45) is 13.0 Å². The monoisotopic (exact) mass is 466 g/mol. The molecule has 1 N–H and O–H groups in total. The van der Waals surface area contributed by atoms with Crippen molar-refractivity contribution in [3.8, 4) is 11.5 Å². The topological polar surface area (TPSA) is 103 Å². The summed E-state index contributed by atoms with van der Waals surface area (Å²) < 4.78 is 40.4. The summed E-state index contributed by atoms with van der Waals surface area (Å²) in [6, 6.07) is 4.69. The van der Waals surface area contributed by atoms with Crippen LogP contribution in [0, 0.1) is 5.92 Å². The van der Waals surface area contributed by atoms with E-state index in [0.717, 1.165) is 10.9 Å². The molecule has 31 heavy (non-hydrogen) atoms. The number of hydrogen-bond acceptors (Lipinski definition) is 7. The van der Waals surface area contributed by atoms with Gasteiger partial charge in [0, 0.05) is 56.8 Å². The van der Waals surface area contributed by atoms with Crippen LogP contribution in [0.1, 0.15) is 12.8 Å². The molecule has 0 saturated carbocycles. The van der Waals surface area contributed by atoms with Crippen molar-refractivity contribution in [2.75, 3.05) is 38.6 Å². The minimum atomic E-state index is -3.64. The highest BCUT2D eigenvalue weighted by molar-refractivity contribution is 7.99. The van der Waals surface area contributed by atoms with E-state index in [-0.39, 0.29) is 16.7 Å². The van der Waals surface area contributed by atoms with E-state index in [4.69, 9.17) is 9.47 Å². The Balaban J connectivity index is 1.26. The fourth-order valence-electron chi connectivity index (χ4n) is 3.64. The van der Waals surface area contributed by atoms with Crippen LogP contribution >= 0.6 is 11.8 Å². The highest BCUT2D eigenvalue weighted by Gasteiger charge is 2.32. The SMILES string of the molecule is Cn1ccnc1SCCNC(=O)C1CCN(S(=O)(=O)c2ccc3c(c2)OCCO3)CC1. The Morgan fingerprint density at radius 2 is 1.97 bits per heavy atom. The molecular weight excluding hydrogens is 440 g/mol. The van der Waals surface area contributed by atoms with Gasteiger partial charge in [-0.3, -0.25) is 4.79 Å². The first-order valence-corrected chi connectivity index (χ1v) is 12.7. The number of carbonyl (C=O) groups excluding carboxylic acids is 1. The number of rotatable bonds is 7. The minimum Gasteiger partial charge on any atom is -0.486 e. The zero-order valence-electron chi connectivity index (χ0n) is 17.3. The van der Waals surface area contributed by atoms with Gasteiger partial charge in [-0.15, -0.1) is 0 Å². The zero-order valence-corrected chi connectivity index (χ0v) is 19.0. The summed E-state index contributed by atoms with van der Waals surface area (Å²) in [7, 11) is -1.71. The number of aromatic nitrogens is 2. The van der Waals surface area contributed by atoms with E-state index in [2.05, 4.69) is 10.3 Å². The molecule has 0 bridgehead atoms. The van der Waals surface area contributed by atoms with Crippen molar-refractivity contribution in [3.05, 3.63) is 30.6 Å². The lowest BCUT2D eigenvalue weighted by Crippen LogP contribution is -2.43. The number of piperidine rings is 1. The number of aryl methyl sites for hydroxylation is 1. The van der Waals surface area contributed by atoms with Gasteiger partial charge in [-0.25, -0.2) is 13.4 Å². The second-order valence-electron chi connectivity index (χ2n) is 7.44. The van der Waals surface area contributed by atoms with Gasteiger partial charge in [0.2, 0.25) is 15.9 Å². The molecule has 2 aliphatic rings. The molecule has 1 aromatic heterocycles. The Labute approximate surface area is 186 Å². The first kappa shape index (κ1) is 22.0. The first-order chi connectivity index (χ1) is 14.9. The maximum absolute atomic E-state index is 13.0. The van der Waals surface area contributed by atoms with Gasteiger partial charge >= 0.3 is 0 Å². The molecular formula is C20H26N4O5S2. The van der Waals surface area contributed by atoms with Gasteiger partial charge in [0.15, 0.2) is 16.7 Å². The predicted molar refractivity (Wildman–Crippen MR) is 116 cm³/mol. The molecule has 0 spiro atoms. The summed E-state index contributed by atoms with van der Waals surface area (Å²) in [5, 5.41) is 3.87. The molecule has 1 amide bonds. The molecule has 1 aromatic carbocycles. The summed E-state index contributed by atoms with van der Waals surface area (Å²) in [5.74, 6) is 1.54. The van der Waals surface area contributed by atoms with Crippen LogP contribution < -0.4 is 14.8 Å². The molecule has 1 saturated heterocycles. The van der Waals surface area contributed by atoms with E-state index in [0.29, 0.717) is 57.2 Å². The highest BCUT2D eigenvalue weighted by Crippen LogP contribution is 2.34. The average molecular weight is 467 g/mol. The van der Waals surface area contributed by atoms with Gasteiger partial charge in [-0.1, -0.05) is 11.8 Å². The van der Waals surface area contributed by atoms with Crippen LogP contribution in [0.5, 0.6) is 11.5 Å². The van der Waals surface area contributed by atoms with Gasteiger partial charge in [0.25, 0.3) is 0 Å². The largest absolute Gasteiger partial charge is 0.486 e. The van der Waals surface area contributed by atoms with Crippen molar-refractivity contribution >= 4 is 27.7 Å². The standard InChI is InChI=1S/C20H26N4O5S2/c1-23-10-6-22-20(23)30-13-7-21-19(25)15-4-8-24(9-5-15)31(26,27)16-2-3-17-18(14-16)29-12-11-28-17/h2-3,6,10,14-15H,4-5,7-9,11-13H2,1H3,(H,21,25). The Bertz CT molecular complexity index is 1030. The van der Waals surface area contributed by atoms with Gasteiger partial charge in [0.05, 0.1) is 4.90 Å². The number of amides is 1. The number of carbonyl (C=O) groups is 1. The Hall–Kier alpha value is -2.24. The van der Waals surface area contributed by atoms with E-state index in [1.165, 1.54) is 10.4 Å². The molecule has 9 nitrogen and oxygen atoms in total. The predicted octanol–water partition coefficient (Wildman–Crippen LogP) is 1.50. The van der Waals surface area contributed by atoms with Crippen molar-refractivity contribution < 1.29 is 22.7 Å². The summed E-state index contributed by atoms with van der Waals surface area (Å²) in [6.07, 6.45) is 4.63. The summed E-state index contributed by atoms with van der Waals surface area (Å²) >= 11 is 1.58. The van der Waals surface area contributed by atoms with Gasteiger partial charge < -0.3 is 19.4 Å². The van der Waals surface area contributed by atoms with E-state index < -0.39 is 10.0 Å². The van der Waals surface area contributed by atoms with Crippen molar-refractivity contribution in [2.45, 2.75) is 22.9 Å². The number of benzene rings is 1. The normalized spacial score (nSPS) is 17.5. The van der Waals surface area contributed by atoms with Crippen LogP contribution in [0.15, 0.2) is 40.6 Å². The van der Waals surface area contributed by atoms with Crippen LogP contribution in [0.4, 0.5) is 0 Å². The minimum absolute atomic E-state index is 0.0168. The van der Waals surface area contributed by atoms with E-state index in [1.54, 1.807) is 30.1 Å². The van der Waals surface area contributed by atoms with Crippen molar-refractivity contribution in [3.63, 3.8) is 0 Å². The zero-order chi connectivity index (χ0) is 21.8. The van der Waals surface area contributed by atoms with Crippen molar-refractivity contribution in [1.82, 2.24) is 19.2 Å². The van der Waals surface area contributed by atoms with E-state index >= 15 is 0 Å². The Kier molecular flexibility index (Phi) is 6.73. The van der Waals surface area contributed by atoms with Crippen LogP contribution in [0.2, 0.25) is 0 Å². The number of nitrogens with zero attached hydrogens (tertiary/aromatic N) is 3. The van der Waals surface area contributed by atoms with Crippen LogP contribution in [-0.4, -0.2) is 66.8 Å². The second kappa shape index (κ2) is 9.49. The van der Waals surface area contributed by atoms with Gasteiger partial charge in [0.1, 0.15) is 13.2 Å². The summed E-state index contributed by atoms with van der Waals surface area (Å²) in [5.41, 5.74) is 0. The third kappa shape index (κ3) is 4.99. The molecule has 11 heteroatoms. The second-order valence-corrected chi connectivity index (χ2v) is 10.4. The third-order valence-corrected chi connectivity index (χ3v) is 8.34. The number of imidazole rings is 1. The van der Waals surface area contributed by atoms with Gasteiger partial charge in [-0.2, -0.15) is 4.31 Å². The van der Waals surface area contributed by atoms with E-state index in [9.17, 15) is 13.2 Å². The maximum Gasteiger partial charge on any atom is 0.243 e. The number of hydrogen-bond donors (Lipinski definition) is 1. The fourth-order valence-corrected chi connectivity index (χ4v) is 5.92. The van der Waals surface area contributed by atoms with Crippen LogP contribution in [0.3, 0.4) is 0 Å². The summed E-state index contributed by atoms with van der Waals surface area (Å²) in [4.78, 5) is 16.9. The summed E-state index contributed by atoms with van der Waals surface area (Å²) in [6.45, 7) is 2.04. The molecule has 168 valence electrons. The Morgan fingerprint density at radius 3 is 2.68 bits per heavy atom. The Morgan fingerprint density at radius 1 is 1.23 bits per heavy atom. The molecule has 0 atom stereocenters. The number of fused-ring (bicyclic) bond motifs is 1. The van der Waals surface area contributed by atoms with E-state index in [1.807, 2.05) is 17.8 Å². The average Bonchev–Trinajstić information content (AvgIpc) is 3.21. The van der Waals surface area contributed by atoms with Gasteiger partial charge in [-0.05, 0) is 25.0 Å². The number of thioether (sulfide) groups is 1. The first-order valence-electron chi connectivity index (χ1n) is 10.2. The molecule has 2 aromatic rings. The number of sulfonamides is 1. The number of nitrogens with one attached hydrogen (secondary N) is 1. The molecule has 0 radical (unpaired) electrons. The smallest absolute Gasteiger partial charge is 0.243 e. The molecule has 1 fully saturated rings. The van der Waals surface area contributed by atoms with Crippen LogP contribution in [-0.2, 0) is 21.9 Å². The quantitative estimate of drug-likeness (QED) is 0.487. The highest BCUT2D eigenvalue weighted by atomic mass is 32.2. The maximum atomic E-state index is 13.0. The lowest BCUT2D eigenvalue weighted by atomic mass is 9.97. The molecule has 3 heterocycles. The fraction of sp³-hybridized carbons (Fsp3) is 0.500. The third-order valence-electron chi connectivity index (χ3n) is 5.39. The number of ether oxygens (including phenoxy) is 2. The lowest BCUT2D eigenvalue weighted by molar-refractivity contribution is -0.125. The lowest BCUT2D eigenvalue weighted by Gasteiger charge is -2.30. The molecule has 0 unspecified atom stereocenters. The molecule has 0 aliphatic carbocycles.